The van der Waals surface area contributed by atoms with Crippen LogP contribution < -0.4 is 10.5 Å². The van der Waals surface area contributed by atoms with Gasteiger partial charge in [0.05, 0.1) is 23.1 Å². The molecular weight excluding hydrogens is 295 g/mol. The first-order chi connectivity index (χ1) is 8.88. The molecule has 0 bridgehead atoms. The molecule has 100 valence electrons. The normalized spacial score (nSPS) is 11.3. The van der Waals surface area contributed by atoms with Gasteiger partial charge in [-0.1, -0.05) is 11.6 Å². The predicted molar refractivity (Wildman–Crippen MR) is 68.7 cm³/mol. The number of nitrogens with zero attached hydrogens (tertiary/aromatic N) is 2. The molecule has 0 aliphatic carbocycles. The van der Waals surface area contributed by atoms with E-state index < -0.39 is 15.8 Å². The molecule has 2 rings (SSSR count). The lowest BCUT2D eigenvalue weighted by Gasteiger charge is -2.09. The van der Waals surface area contributed by atoms with Gasteiger partial charge in [0.15, 0.2) is 0 Å². The maximum Gasteiger partial charge on any atom is 0.265 e. The molecule has 1 aromatic carbocycles. The van der Waals surface area contributed by atoms with Crippen molar-refractivity contribution in [3.8, 4) is 0 Å². The second kappa shape index (κ2) is 4.98. The molecule has 0 unspecified atom stereocenters. The van der Waals surface area contributed by atoms with Gasteiger partial charge in [-0.2, -0.15) is 0 Å². The van der Waals surface area contributed by atoms with Crippen molar-refractivity contribution in [2.75, 3.05) is 10.5 Å². The van der Waals surface area contributed by atoms with Gasteiger partial charge in [0.2, 0.25) is 5.95 Å². The minimum atomic E-state index is -3.95. The van der Waals surface area contributed by atoms with Crippen molar-refractivity contribution in [2.45, 2.75) is 4.90 Å². The summed E-state index contributed by atoms with van der Waals surface area (Å²) in [5.74, 6) is -0.668. The first-order valence-electron chi connectivity index (χ1n) is 4.94. The Labute approximate surface area is 113 Å². The Bertz CT molecular complexity index is 706. The standard InChI is InChI=1S/C10H8ClFN4O2S/c11-8-2-1-6(12)3-9(8)16-19(17,18)7-4-14-10(13)15-5-7/h1-5,16H,(H2,13,14,15). The van der Waals surface area contributed by atoms with Gasteiger partial charge in [0.25, 0.3) is 10.0 Å². The molecule has 0 amide bonds. The molecule has 9 heteroatoms. The Morgan fingerprint density at radius 3 is 2.53 bits per heavy atom. The Kier molecular flexibility index (Phi) is 3.54. The average Bonchev–Trinajstić information content (AvgIpc) is 2.34. The summed E-state index contributed by atoms with van der Waals surface area (Å²) in [5, 5.41) is 0.0707. The third-order valence-corrected chi connectivity index (χ3v) is 3.78. The van der Waals surface area contributed by atoms with Gasteiger partial charge < -0.3 is 5.73 Å². The minimum absolute atomic E-state index is 0.0530. The van der Waals surface area contributed by atoms with Gasteiger partial charge in [-0.15, -0.1) is 0 Å². The number of anilines is 2. The number of nitrogens with one attached hydrogen (secondary N) is 1. The van der Waals surface area contributed by atoms with Gasteiger partial charge in [0.1, 0.15) is 10.7 Å². The van der Waals surface area contributed by atoms with E-state index in [1.54, 1.807) is 0 Å². The zero-order valence-electron chi connectivity index (χ0n) is 9.34. The van der Waals surface area contributed by atoms with Crippen LogP contribution in [-0.4, -0.2) is 18.4 Å². The molecule has 0 radical (unpaired) electrons. The summed E-state index contributed by atoms with van der Waals surface area (Å²) in [6.07, 6.45) is 2.08. The quantitative estimate of drug-likeness (QED) is 0.898. The van der Waals surface area contributed by atoms with Crippen molar-refractivity contribution < 1.29 is 12.8 Å². The van der Waals surface area contributed by atoms with E-state index in [-0.39, 0.29) is 21.6 Å². The molecule has 0 aliphatic heterocycles. The van der Waals surface area contributed by atoms with E-state index in [0.717, 1.165) is 24.5 Å². The Morgan fingerprint density at radius 1 is 1.26 bits per heavy atom. The van der Waals surface area contributed by atoms with E-state index in [1.165, 1.54) is 6.07 Å². The van der Waals surface area contributed by atoms with Crippen LogP contribution in [0.25, 0.3) is 0 Å². The third-order valence-electron chi connectivity index (χ3n) is 2.13. The molecule has 2 aromatic rings. The van der Waals surface area contributed by atoms with Gasteiger partial charge in [0, 0.05) is 0 Å². The molecule has 0 aliphatic rings. The second-order valence-corrected chi connectivity index (χ2v) is 5.60. The highest BCUT2D eigenvalue weighted by molar-refractivity contribution is 7.92. The van der Waals surface area contributed by atoms with Gasteiger partial charge in [-0.25, -0.2) is 22.8 Å². The zero-order valence-corrected chi connectivity index (χ0v) is 10.9. The molecule has 1 heterocycles. The van der Waals surface area contributed by atoms with Crippen molar-refractivity contribution in [2.24, 2.45) is 0 Å². The fourth-order valence-corrected chi connectivity index (χ4v) is 2.42. The Balaban J connectivity index is 2.36. The second-order valence-electron chi connectivity index (χ2n) is 3.51. The number of nitrogens with two attached hydrogens (primary N) is 1. The largest absolute Gasteiger partial charge is 0.368 e. The molecule has 0 atom stereocenters. The Morgan fingerprint density at radius 2 is 1.89 bits per heavy atom. The summed E-state index contributed by atoms with van der Waals surface area (Å²) in [4.78, 5) is 6.93. The number of halogens is 2. The smallest absolute Gasteiger partial charge is 0.265 e. The lowest BCUT2D eigenvalue weighted by Crippen LogP contribution is -2.14. The number of benzene rings is 1. The molecule has 0 saturated carbocycles. The summed E-state index contributed by atoms with van der Waals surface area (Å²) in [7, 11) is -3.95. The predicted octanol–water partition coefficient (Wildman–Crippen LogP) is 1.65. The third kappa shape index (κ3) is 3.09. The van der Waals surface area contributed by atoms with E-state index >= 15 is 0 Å². The molecule has 0 fully saturated rings. The molecular formula is C10H8ClFN4O2S. The van der Waals surface area contributed by atoms with E-state index in [9.17, 15) is 12.8 Å². The SMILES string of the molecule is Nc1ncc(S(=O)(=O)Nc2cc(F)ccc2Cl)cn1. The summed E-state index contributed by atoms with van der Waals surface area (Å²) in [5.41, 5.74) is 5.19. The molecule has 3 N–H and O–H groups in total. The van der Waals surface area contributed by atoms with Crippen LogP contribution in [0, 0.1) is 5.82 Å². The lowest BCUT2D eigenvalue weighted by atomic mass is 10.3. The molecule has 0 spiro atoms. The first kappa shape index (κ1) is 13.5. The first-order valence-corrected chi connectivity index (χ1v) is 6.80. The molecule has 19 heavy (non-hydrogen) atoms. The van der Waals surface area contributed by atoms with Gasteiger partial charge in [-0.3, -0.25) is 4.72 Å². The maximum atomic E-state index is 13.0. The van der Waals surface area contributed by atoms with Crippen LogP contribution in [-0.2, 0) is 10.0 Å². The summed E-state index contributed by atoms with van der Waals surface area (Å²) in [6.45, 7) is 0. The van der Waals surface area contributed by atoms with Gasteiger partial charge >= 0.3 is 0 Å². The lowest BCUT2D eigenvalue weighted by molar-refractivity contribution is 0.600. The summed E-state index contributed by atoms with van der Waals surface area (Å²) >= 11 is 5.77. The van der Waals surface area contributed by atoms with Crippen LogP contribution in [0.2, 0.25) is 5.02 Å². The van der Waals surface area contributed by atoms with E-state index in [2.05, 4.69) is 14.7 Å². The van der Waals surface area contributed by atoms with Crippen LogP contribution in [0.15, 0.2) is 35.5 Å². The number of sulfonamides is 1. The van der Waals surface area contributed by atoms with Crippen molar-refractivity contribution in [3.63, 3.8) is 0 Å². The van der Waals surface area contributed by atoms with Crippen LogP contribution in [0.4, 0.5) is 16.0 Å². The maximum absolute atomic E-state index is 13.0. The number of aromatic nitrogens is 2. The van der Waals surface area contributed by atoms with Crippen molar-refractivity contribution in [3.05, 3.63) is 41.4 Å². The van der Waals surface area contributed by atoms with E-state index in [0.29, 0.717) is 0 Å². The van der Waals surface area contributed by atoms with Crippen LogP contribution >= 0.6 is 11.6 Å². The monoisotopic (exact) mass is 302 g/mol. The van der Waals surface area contributed by atoms with Crippen LogP contribution in [0.3, 0.4) is 0 Å². The topological polar surface area (TPSA) is 98.0 Å². The van der Waals surface area contributed by atoms with Crippen LogP contribution in [0.1, 0.15) is 0 Å². The molecule has 6 nitrogen and oxygen atoms in total. The fraction of sp³-hybridized carbons (Fsp3) is 0. The highest BCUT2D eigenvalue weighted by Gasteiger charge is 2.17. The van der Waals surface area contributed by atoms with Crippen molar-refractivity contribution >= 4 is 33.3 Å². The minimum Gasteiger partial charge on any atom is -0.368 e. The zero-order chi connectivity index (χ0) is 14.0. The van der Waals surface area contributed by atoms with Crippen molar-refractivity contribution in [1.82, 2.24) is 9.97 Å². The van der Waals surface area contributed by atoms with Gasteiger partial charge in [-0.05, 0) is 18.2 Å². The summed E-state index contributed by atoms with van der Waals surface area (Å²) < 4.78 is 39.1. The molecule has 1 aromatic heterocycles. The molecule has 0 saturated heterocycles. The number of hydrogen-bond donors (Lipinski definition) is 2. The van der Waals surface area contributed by atoms with Crippen molar-refractivity contribution in [1.29, 1.82) is 0 Å². The average molecular weight is 303 g/mol. The number of hydrogen-bond acceptors (Lipinski definition) is 5. The fourth-order valence-electron chi connectivity index (χ4n) is 1.24. The van der Waals surface area contributed by atoms with Crippen LogP contribution in [0.5, 0.6) is 0 Å². The Hall–Kier alpha value is -1.93. The summed E-state index contributed by atoms with van der Waals surface area (Å²) in [6, 6.07) is 3.33. The highest BCUT2D eigenvalue weighted by atomic mass is 35.5. The number of nitrogen functional groups attached to an aromatic ring is 1. The number of rotatable bonds is 3. The van der Waals surface area contributed by atoms with E-state index in [1.807, 2.05) is 0 Å². The van der Waals surface area contributed by atoms with E-state index in [4.69, 9.17) is 17.3 Å². The highest BCUT2D eigenvalue weighted by Crippen LogP contribution is 2.25.